The zero-order valence-electron chi connectivity index (χ0n) is 14.0. The van der Waals surface area contributed by atoms with Crippen molar-refractivity contribution in [2.45, 2.75) is 25.1 Å². The maximum absolute atomic E-state index is 12.6. The van der Waals surface area contributed by atoms with Crippen LogP contribution >= 0.6 is 0 Å². The lowest BCUT2D eigenvalue weighted by atomic mass is 9.97. The number of anilines is 1. The second kappa shape index (κ2) is 6.56. The Kier molecular flexibility index (Phi) is 4.23. The number of ether oxygens (including phenoxy) is 1. The minimum atomic E-state index is -4.31. The summed E-state index contributed by atoms with van der Waals surface area (Å²) in [7, 11) is 0. The molecule has 0 aromatic heterocycles. The number of nitrogens with one attached hydrogen (secondary N) is 1. The van der Waals surface area contributed by atoms with Crippen molar-refractivity contribution in [3.05, 3.63) is 71.8 Å². The van der Waals surface area contributed by atoms with Crippen LogP contribution in [0.3, 0.4) is 0 Å². The quantitative estimate of drug-likeness (QED) is 0.653. The predicted molar refractivity (Wildman–Crippen MR) is 96.6 cm³/mol. The predicted octanol–water partition coefficient (Wildman–Crippen LogP) is 5.66. The highest BCUT2D eigenvalue weighted by Crippen LogP contribution is 2.35. The number of halogens is 3. The van der Waals surface area contributed by atoms with E-state index in [0.717, 1.165) is 41.5 Å². The van der Waals surface area contributed by atoms with E-state index in [2.05, 4.69) is 29.6 Å². The van der Waals surface area contributed by atoms with Crippen LogP contribution in [-0.4, -0.2) is 12.6 Å². The van der Waals surface area contributed by atoms with E-state index in [0.29, 0.717) is 12.2 Å². The van der Waals surface area contributed by atoms with Gasteiger partial charge < -0.3 is 10.1 Å². The van der Waals surface area contributed by atoms with Crippen LogP contribution < -0.4 is 10.1 Å². The van der Waals surface area contributed by atoms with Crippen molar-refractivity contribution in [2.75, 3.05) is 11.9 Å². The highest BCUT2D eigenvalue weighted by Gasteiger charge is 2.30. The van der Waals surface area contributed by atoms with Gasteiger partial charge in [0.05, 0.1) is 12.1 Å². The second-order valence-corrected chi connectivity index (χ2v) is 6.51. The van der Waals surface area contributed by atoms with Gasteiger partial charge in [0.2, 0.25) is 0 Å². The summed E-state index contributed by atoms with van der Waals surface area (Å²) in [5.41, 5.74) is 1.22. The molecule has 0 saturated heterocycles. The van der Waals surface area contributed by atoms with Crippen molar-refractivity contribution < 1.29 is 17.9 Å². The van der Waals surface area contributed by atoms with E-state index >= 15 is 0 Å². The lowest BCUT2D eigenvalue weighted by Gasteiger charge is -2.28. The minimum absolute atomic E-state index is 0.0180. The summed E-state index contributed by atoms with van der Waals surface area (Å²) in [5, 5.41) is 5.42. The SMILES string of the molecule is FC(F)(F)c1ccc(NCC2CCc3ccc4ccccc4c3O2)cc1. The first kappa shape index (κ1) is 16.8. The number of rotatable bonds is 3. The molecule has 0 aliphatic carbocycles. The molecule has 1 N–H and O–H groups in total. The van der Waals surface area contributed by atoms with E-state index < -0.39 is 11.7 Å². The van der Waals surface area contributed by atoms with Crippen molar-refractivity contribution in [2.24, 2.45) is 0 Å². The van der Waals surface area contributed by atoms with Crippen LogP contribution in [0.2, 0.25) is 0 Å². The smallest absolute Gasteiger partial charge is 0.416 e. The molecular weight excluding hydrogens is 339 g/mol. The molecule has 0 spiro atoms. The van der Waals surface area contributed by atoms with Gasteiger partial charge in [-0.3, -0.25) is 0 Å². The Morgan fingerprint density at radius 1 is 0.962 bits per heavy atom. The zero-order chi connectivity index (χ0) is 18.1. The third-order valence-corrected chi connectivity index (χ3v) is 4.73. The average molecular weight is 357 g/mol. The Morgan fingerprint density at radius 3 is 2.50 bits per heavy atom. The van der Waals surface area contributed by atoms with Crippen LogP contribution in [0.25, 0.3) is 10.8 Å². The maximum Gasteiger partial charge on any atom is 0.416 e. The van der Waals surface area contributed by atoms with Crippen molar-refractivity contribution in [1.29, 1.82) is 0 Å². The molecule has 26 heavy (non-hydrogen) atoms. The maximum atomic E-state index is 12.6. The third-order valence-electron chi connectivity index (χ3n) is 4.73. The number of benzene rings is 3. The number of alkyl halides is 3. The van der Waals surface area contributed by atoms with Crippen molar-refractivity contribution in [1.82, 2.24) is 0 Å². The van der Waals surface area contributed by atoms with Crippen LogP contribution in [0.1, 0.15) is 17.5 Å². The van der Waals surface area contributed by atoms with Crippen LogP contribution in [0.15, 0.2) is 60.7 Å². The molecule has 5 heteroatoms. The monoisotopic (exact) mass is 357 g/mol. The van der Waals surface area contributed by atoms with Gasteiger partial charge >= 0.3 is 6.18 Å². The number of aryl methyl sites for hydroxylation is 1. The molecule has 0 radical (unpaired) electrons. The van der Waals surface area contributed by atoms with Crippen LogP contribution in [0.5, 0.6) is 5.75 Å². The molecule has 2 nitrogen and oxygen atoms in total. The van der Waals surface area contributed by atoms with Gasteiger partial charge in [-0.05, 0) is 48.1 Å². The number of fused-ring (bicyclic) bond motifs is 3. The summed E-state index contributed by atoms with van der Waals surface area (Å²) < 4.78 is 44.1. The van der Waals surface area contributed by atoms with E-state index in [1.165, 1.54) is 17.7 Å². The van der Waals surface area contributed by atoms with Gasteiger partial charge in [-0.25, -0.2) is 0 Å². The lowest BCUT2D eigenvalue weighted by molar-refractivity contribution is -0.137. The van der Waals surface area contributed by atoms with E-state index in [4.69, 9.17) is 4.74 Å². The molecule has 1 unspecified atom stereocenters. The first-order chi connectivity index (χ1) is 12.5. The van der Waals surface area contributed by atoms with Crippen molar-refractivity contribution in [3.8, 4) is 5.75 Å². The largest absolute Gasteiger partial charge is 0.488 e. The average Bonchev–Trinajstić information content (AvgIpc) is 2.66. The lowest BCUT2D eigenvalue weighted by Crippen LogP contribution is -2.30. The molecule has 0 saturated carbocycles. The Bertz CT molecular complexity index is 919. The Hall–Kier alpha value is -2.69. The minimum Gasteiger partial charge on any atom is -0.488 e. The molecule has 1 heterocycles. The Labute approximate surface area is 149 Å². The summed E-state index contributed by atoms with van der Waals surface area (Å²) in [5.74, 6) is 0.925. The van der Waals surface area contributed by atoms with Gasteiger partial charge in [0, 0.05) is 11.1 Å². The summed E-state index contributed by atoms with van der Waals surface area (Å²) in [6.07, 6.45) is -2.52. The van der Waals surface area contributed by atoms with E-state index in [9.17, 15) is 13.2 Å². The van der Waals surface area contributed by atoms with Gasteiger partial charge in [0.25, 0.3) is 0 Å². The summed E-state index contributed by atoms with van der Waals surface area (Å²) in [4.78, 5) is 0. The van der Waals surface area contributed by atoms with Crippen LogP contribution in [0.4, 0.5) is 18.9 Å². The fourth-order valence-electron chi connectivity index (χ4n) is 3.32. The molecule has 0 bridgehead atoms. The Balaban J connectivity index is 1.45. The first-order valence-electron chi connectivity index (χ1n) is 8.59. The Morgan fingerprint density at radius 2 is 1.73 bits per heavy atom. The molecule has 0 fully saturated rings. The number of hydrogen-bond acceptors (Lipinski definition) is 2. The number of hydrogen-bond donors (Lipinski definition) is 1. The van der Waals surface area contributed by atoms with Crippen LogP contribution in [-0.2, 0) is 12.6 Å². The molecule has 1 atom stereocenters. The normalized spacial score (nSPS) is 16.8. The van der Waals surface area contributed by atoms with Crippen LogP contribution in [0, 0.1) is 0 Å². The fraction of sp³-hybridized carbons (Fsp3) is 0.238. The highest BCUT2D eigenvalue weighted by atomic mass is 19.4. The second-order valence-electron chi connectivity index (χ2n) is 6.51. The molecule has 3 aromatic rings. The van der Waals surface area contributed by atoms with Gasteiger partial charge in [0.1, 0.15) is 11.9 Å². The molecule has 1 aliphatic heterocycles. The molecule has 0 amide bonds. The zero-order valence-corrected chi connectivity index (χ0v) is 14.0. The van der Waals surface area contributed by atoms with E-state index in [1.54, 1.807) is 0 Å². The molecular formula is C21H18F3NO. The summed E-state index contributed by atoms with van der Waals surface area (Å²) >= 11 is 0. The first-order valence-corrected chi connectivity index (χ1v) is 8.59. The summed E-state index contributed by atoms with van der Waals surface area (Å²) in [6, 6.07) is 17.4. The van der Waals surface area contributed by atoms with Crippen molar-refractivity contribution in [3.63, 3.8) is 0 Å². The van der Waals surface area contributed by atoms with Crippen molar-refractivity contribution >= 4 is 16.5 Å². The van der Waals surface area contributed by atoms with E-state index in [1.807, 2.05) is 12.1 Å². The standard InChI is InChI=1S/C21H18F3NO/c22-21(23,24)16-8-10-17(11-9-16)25-13-18-12-7-15-6-5-14-3-1-2-4-19(14)20(15)26-18/h1-6,8-11,18,25H,7,12-13H2. The fourth-order valence-corrected chi connectivity index (χ4v) is 3.32. The van der Waals surface area contributed by atoms with Gasteiger partial charge in [0.15, 0.2) is 0 Å². The molecule has 3 aromatic carbocycles. The van der Waals surface area contributed by atoms with Gasteiger partial charge in [-0.15, -0.1) is 0 Å². The molecule has 4 rings (SSSR count). The van der Waals surface area contributed by atoms with Gasteiger partial charge in [-0.2, -0.15) is 13.2 Å². The highest BCUT2D eigenvalue weighted by molar-refractivity contribution is 5.89. The van der Waals surface area contributed by atoms with Gasteiger partial charge in [-0.1, -0.05) is 36.4 Å². The third kappa shape index (κ3) is 3.34. The molecule has 1 aliphatic rings. The van der Waals surface area contributed by atoms with E-state index in [-0.39, 0.29) is 6.10 Å². The molecule has 134 valence electrons. The summed E-state index contributed by atoms with van der Waals surface area (Å²) in [6.45, 7) is 0.550. The topological polar surface area (TPSA) is 21.3 Å².